The van der Waals surface area contributed by atoms with Gasteiger partial charge in [-0.25, -0.2) is 0 Å². The molecule has 0 saturated carbocycles. The molecule has 0 saturated heterocycles. The van der Waals surface area contributed by atoms with Crippen LogP contribution >= 0.6 is 11.6 Å². The van der Waals surface area contributed by atoms with Crippen LogP contribution in [0.5, 0.6) is 0 Å². The van der Waals surface area contributed by atoms with Crippen molar-refractivity contribution >= 4 is 17.6 Å². The van der Waals surface area contributed by atoms with Crippen LogP contribution in [0.4, 0.5) is 0 Å². The quantitative estimate of drug-likeness (QED) is 0.821. The molecule has 1 rings (SSSR count). The van der Waals surface area contributed by atoms with Gasteiger partial charge in [-0.05, 0) is 24.7 Å². The maximum atomic E-state index is 10.4. The van der Waals surface area contributed by atoms with Crippen LogP contribution in [0.3, 0.4) is 0 Å². The largest absolute Gasteiger partial charge is 0.480 e. The first-order valence-electron chi connectivity index (χ1n) is 4.83. The van der Waals surface area contributed by atoms with E-state index in [9.17, 15) is 9.90 Å². The summed E-state index contributed by atoms with van der Waals surface area (Å²) < 4.78 is 0. The Kier molecular flexibility index (Phi) is 4.73. The summed E-state index contributed by atoms with van der Waals surface area (Å²) in [6, 6.07) is 6.83. The predicted molar refractivity (Wildman–Crippen MR) is 61.5 cm³/mol. The van der Waals surface area contributed by atoms with Crippen molar-refractivity contribution in [3.63, 3.8) is 0 Å². The van der Waals surface area contributed by atoms with Gasteiger partial charge in [0.1, 0.15) is 0 Å². The lowest BCUT2D eigenvalue weighted by Crippen LogP contribution is -2.29. The van der Waals surface area contributed by atoms with Crippen molar-refractivity contribution in [3.8, 4) is 0 Å². The molecule has 1 atom stereocenters. The molecule has 88 valence electrons. The van der Waals surface area contributed by atoms with Gasteiger partial charge in [-0.3, -0.25) is 9.69 Å². The lowest BCUT2D eigenvalue weighted by Gasteiger charge is -2.18. The SMILES string of the molecule is CN(CC(=O)O)CC(O)c1ccc(Cl)cc1. The van der Waals surface area contributed by atoms with E-state index in [0.29, 0.717) is 5.02 Å². The Hall–Kier alpha value is -1.10. The molecule has 0 heterocycles. The van der Waals surface area contributed by atoms with E-state index in [1.165, 1.54) is 0 Å². The minimum Gasteiger partial charge on any atom is -0.480 e. The lowest BCUT2D eigenvalue weighted by molar-refractivity contribution is -0.138. The van der Waals surface area contributed by atoms with Gasteiger partial charge in [0.05, 0.1) is 12.6 Å². The van der Waals surface area contributed by atoms with Gasteiger partial charge < -0.3 is 10.2 Å². The van der Waals surface area contributed by atoms with Gasteiger partial charge in [0.15, 0.2) is 0 Å². The first kappa shape index (κ1) is 13.0. The molecule has 0 radical (unpaired) electrons. The number of aliphatic hydroxyl groups excluding tert-OH is 1. The summed E-state index contributed by atoms with van der Waals surface area (Å²) in [6.45, 7) is 0.179. The predicted octanol–water partition coefficient (Wildman–Crippen LogP) is 1.39. The molecule has 4 nitrogen and oxygen atoms in total. The number of aliphatic hydroxyl groups is 1. The average Bonchev–Trinajstić information content (AvgIpc) is 2.16. The van der Waals surface area contributed by atoms with Crippen molar-refractivity contribution in [2.45, 2.75) is 6.10 Å². The van der Waals surface area contributed by atoms with Crippen molar-refractivity contribution in [2.24, 2.45) is 0 Å². The van der Waals surface area contributed by atoms with Gasteiger partial charge >= 0.3 is 5.97 Å². The Bertz CT molecular complexity index is 353. The van der Waals surface area contributed by atoms with E-state index >= 15 is 0 Å². The van der Waals surface area contributed by atoms with Gasteiger partial charge in [-0.15, -0.1) is 0 Å². The maximum absolute atomic E-state index is 10.4. The normalized spacial score (nSPS) is 12.8. The standard InChI is InChI=1S/C11H14ClNO3/c1-13(7-11(15)16)6-10(14)8-2-4-9(12)5-3-8/h2-5,10,14H,6-7H2,1H3,(H,15,16). The molecular weight excluding hydrogens is 230 g/mol. The third-order valence-electron chi connectivity index (χ3n) is 2.14. The Balaban J connectivity index is 2.54. The molecule has 0 amide bonds. The zero-order valence-corrected chi connectivity index (χ0v) is 9.68. The summed E-state index contributed by atoms with van der Waals surface area (Å²) in [5.74, 6) is -0.911. The Morgan fingerprint density at radius 2 is 2.00 bits per heavy atom. The number of halogens is 1. The number of carbonyl (C=O) groups is 1. The van der Waals surface area contributed by atoms with Crippen LogP contribution in [0.25, 0.3) is 0 Å². The molecule has 0 fully saturated rings. The third kappa shape index (κ3) is 4.18. The number of hydrogen-bond donors (Lipinski definition) is 2. The van der Waals surface area contributed by atoms with Crippen LogP contribution in [0, 0.1) is 0 Å². The van der Waals surface area contributed by atoms with E-state index in [0.717, 1.165) is 5.56 Å². The first-order chi connectivity index (χ1) is 7.49. The number of carboxylic acid groups (broad SMARTS) is 1. The van der Waals surface area contributed by atoms with E-state index in [1.54, 1.807) is 36.2 Å². The van der Waals surface area contributed by atoms with Crippen LogP contribution in [-0.4, -0.2) is 41.2 Å². The molecule has 0 aromatic heterocycles. The zero-order chi connectivity index (χ0) is 12.1. The monoisotopic (exact) mass is 243 g/mol. The van der Waals surface area contributed by atoms with Crippen molar-refractivity contribution < 1.29 is 15.0 Å². The molecule has 0 bridgehead atoms. The number of rotatable bonds is 5. The van der Waals surface area contributed by atoms with E-state index in [4.69, 9.17) is 16.7 Å². The maximum Gasteiger partial charge on any atom is 0.317 e. The molecule has 0 aliphatic heterocycles. The van der Waals surface area contributed by atoms with Crippen LogP contribution < -0.4 is 0 Å². The smallest absolute Gasteiger partial charge is 0.317 e. The summed E-state index contributed by atoms with van der Waals surface area (Å²) in [6.07, 6.45) is -0.707. The topological polar surface area (TPSA) is 60.8 Å². The highest BCUT2D eigenvalue weighted by atomic mass is 35.5. The minimum atomic E-state index is -0.911. The molecule has 0 aliphatic rings. The third-order valence-corrected chi connectivity index (χ3v) is 2.40. The van der Waals surface area contributed by atoms with Crippen LogP contribution in [0.15, 0.2) is 24.3 Å². The molecule has 1 unspecified atom stereocenters. The number of nitrogens with zero attached hydrogens (tertiary/aromatic N) is 1. The summed E-state index contributed by atoms with van der Waals surface area (Å²) in [4.78, 5) is 12.0. The number of aliphatic carboxylic acids is 1. The van der Waals surface area contributed by atoms with Crippen LogP contribution in [0.2, 0.25) is 5.02 Å². The molecule has 1 aromatic rings. The second kappa shape index (κ2) is 5.84. The fourth-order valence-electron chi connectivity index (χ4n) is 1.38. The number of likely N-dealkylation sites (N-methyl/N-ethyl adjacent to an activating group) is 1. The fourth-order valence-corrected chi connectivity index (χ4v) is 1.51. The second-order valence-corrected chi connectivity index (χ2v) is 4.09. The highest BCUT2D eigenvalue weighted by Gasteiger charge is 2.12. The highest BCUT2D eigenvalue weighted by molar-refractivity contribution is 6.30. The van der Waals surface area contributed by atoms with Crippen molar-refractivity contribution in [2.75, 3.05) is 20.1 Å². The van der Waals surface area contributed by atoms with Gasteiger partial charge in [0.2, 0.25) is 0 Å². The lowest BCUT2D eigenvalue weighted by atomic mass is 10.1. The van der Waals surface area contributed by atoms with Crippen LogP contribution in [-0.2, 0) is 4.79 Å². The van der Waals surface area contributed by atoms with Crippen molar-refractivity contribution in [1.29, 1.82) is 0 Å². The van der Waals surface area contributed by atoms with E-state index in [2.05, 4.69) is 0 Å². The Morgan fingerprint density at radius 1 is 1.44 bits per heavy atom. The molecule has 2 N–H and O–H groups in total. The van der Waals surface area contributed by atoms with E-state index in [-0.39, 0.29) is 13.1 Å². The summed E-state index contributed by atoms with van der Waals surface area (Å²) in [5.41, 5.74) is 0.724. The molecule has 0 aliphatic carbocycles. The van der Waals surface area contributed by atoms with Gasteiger partial charge in [0.25, 0.3) is 0 Å². The molecule has 1 aromatic carbocycles. The minimum absolute atomic E-state index is 0.0926. The van der Waals surface area contributed by atoms with Gasteiger partial charge in [0, 0.05) is 11.6 Å². The Labute approximate surface area is 99.1 Å². The van der Waals surface area contributed by atoms with E-state index in [1.807, 2.05) is 0 Å². The molecule has 16 heavy (non-hydrogen) atoms. The fraction of sp³-hybridized carbons (Fsp3) is 0.364. The average molecular weight is 244 g/mol. The summed E-state index contributed by atoms with van der Waals surface area (Å²) in [5, 5.41) is 19.0. The van der Waals surface area contributed by atoms with Gasteiger partial charge in [-0.2, -0.15) is 0 Å². The molecule has 0 spiro atoms. The van der Waals surface area contributed by atoms with E-state index < -0.39 is 12.1 Å². The first-order valence-corrected chi connectivity index (χ1v) is 5.20. The summed E-state index contributed by atoms with van der Waals surface area (Å²) in [7, 11) is 1.65. The summed E-state index contributed by atoms with van der Waals surface area (Å²) >= 11 is 5.72. The molecular formula is C11H14ClNO3. The van der Waals surface area contributed by atoms with Crippen LogP contribution in [0.1, 0.15) is 11.7 Å². The highest BCUT2D eigenvalue weighted by Crippen LogP contribution is 2.16. The number of hydrogen-bond acceptors (Lipinski definition) is 3. The zero-order valence-electron chi connectivity index (χ0n) is 8.93. The number of carboxylic acids is 1. The van der Waals surface area contributed by atoms with Crippen molar-refractivity contribution in [3.05, 3.63) is 34.9 Å². The van der Waals surface area contributed by atoms with Crippen molar-refractivity contribution in [1.82, 2.24) is 4.90 Å². The second-order valence-electron chi connectivity index (χ2n) is 3.66. The number of benzene rings is 1. The molecule has 5 heteroatoms. The Morgan fingerprint density at radius 3 is 2.50 bits per heavy atom. The van der Waals surface area contributed by atoms with Gasteiger partial charge in [-0.1, -0.05) is 23.7 Å².